The second kappa shape index (κ2) is 10.9. The fraction of sp³-hybridized carbons (Fsp3) is 0.133. The van der Waals surface area contributed by atoms with E-state index in [0.717, 1.165) is 22.0 Å². The third-order valence-electron chi connectivity index (χ3n) is 6.12. The van der Waals surface area contributed by atoms with Gasteiger partial charge in [0.1, 0.15) is 5.56 Å². The van der Waals surface area contributed by atoms with Gasteiger partial charge >= 0.3 is 5.97 Å². The van der Waals surface area contributed by atoms with Crippen LogP contribution in [0.4, 0.5) is 5.82 Å². The van der Waals surface area contributed by atoms with Gasteiger partial charge in [-0.1, -0.05) is 78.9 Å². The van der Waals surface area contributed by atoms with Gasteiger partial charge in [-0.2, -0.15) is 9.78 Å². The van der Waals surface area contributed by atoms with E-state index in [1.54, 1.807) is 13.0 Å². The van der Waals surface area contributed by atoms with Gasteiger partial charge in [-0.15, -0.1) is 0 Å². The number of amides is 1. The van der Waals surface area contributed by atoms with Crippen molar-refractivity contribution in [1.29, 1.82) is 0 Å². The Morgan fingerprint density at radius 2 is 1.51 bits per heavy atom. The largest absolute Gasteiger partial charge is 0.462 e. The summed E-state index contributed by atoms with van der Waals surface area (Å²) in [6, 6.07) is 31.2. The summed E-state index contributed by atoms with van der Waals surface area (Å²) in [6.45, 7) is 1.94. The van der Waals surface area contributed by atoms with E-state index in [0.29, 0.717) is 5.82 Å². The number of aromatic nitrogens is 3. The SMILES string of the molecule is CCOC(=O)c1cnn(-c2ccc3ccccc3n2)c1NC(=O)CC(c1ccccc1)c1ccccc1. The average molecular weight is 491 g/mol. The third kappa shape index (κ3) is 5.26. The fourth-order valence-electron chi connectivity index (χ4n) is 4.34. The van der Waals surface area contributed by atoms with E-state index in [-0.39, 0.29) is 36.2 Å². The Hall–Kier alpha value is -4.78. The summed E-state index contributed by atoms with van der Waals surface area (Å²) in [6.07, 6.45) is 1.57. The van der Waals surface area contributed by atoms with E-state index in [4.69, 9.17) is 4.74 Å². The molecule has 7 heteroatoms. The second-order valence-electron chi connectivity index (χ2n) is 8.53. The highest BCUT2D eigenvalue weighted by molar-refractivity contribution is 6.00. The van der Waals surface area contributed by atoms with Crippen molar-refractivity contribution in [2.75, 3.05) is 11.9 Å². The van der Waals surface area contributed by atoms with Gasteiger partial charge in [0, 0.05) is 17.7 Å². The summed E-state index contributed by atoms with van der Waals surface area (Å²) in [4.78, 5) is 30.9. The van der Waals surface area contributed by atoms with Crippen LogP contribution in [0.25, 0.3) is 16.7 Å². The highest BCUT2D eigenvalue weighted by Crippen LogP contribution is 2.29. The van der Waals surface area contributed by atoms with Crippen molar-refractivity contribution in [3.63, 3.8) is 0 Å². The number of nitrogens with zero attached hydrogens (tertiary/aromatic N) is 3. The molecule has 5 rings (SSSR count). The number of carbonyl (C=O) groups is 2. The normalized spacial score (nSPS) is 11.0. The first-order chi connectivity index (χ1) is 18.1. The molecular weight excluding hydrogens is 464 g/mol. The summed E-state index contributed by atoms with van der Waals surface area (Å²) in [7, 11) is 0. The Bertz CT molecular complexity index is 1490. The lowest BCUT2D eigenvalue weighted by Gasteiger charge is -2.18. The number of carbonyl (C=O) groups excluding carboxylic acids is 2. The van der Waals surface area contributed by atoms with Crippen molar-refractivity contribution in [1.82, 2.24) is 14.8 Å². The molecule has 3 aromatic carbocycles. The number of ether oxygens (including phenoxy) is 1. The van der Waals surface area contributed by atoms with Crippen LogP contribution < -0.4 is 5.32 Å². The summed E-state index contributed by atoms with van der Waals surface area (Å²) < 4.78 is 6.69. The van der Waals surface area contributed by atoms with Gasteiger partial charge in [-0.25, -0.2) is 9.78 Å². The maximum atomic E-state index is 13.5. The molecule has 0 bridgehead atoms. The van der Waals surface area contributed by atoms with Gasteiger partial charge < -0.3 is 10.1 Å². The number of anilines is 1. The van der Waals surface area contributed by atoms with Gasteiger partial charge in [0.25, 0.3) is 0 Å². The van der Waals surface area contributed by atoms with Crippen molar-refractivity contribution < 1.29 is 14.3 Å². The number of fused-ring (bicyclic) bond motifs is 1. The molecule has 0 saturated carbocycles. The molecule has 184 valence electrons. The quantitative estimate of drug-likeness (QED) is 0.280. The maximum absolute atomic E-state index is 13.5. The van der Waals surface area contributed by atoms with Crippen LogP contribution in [-0.4, -0.2) is 33.2 Å². The summed E-state index contributed by atoms with van der Waals surface area (Å²) >= 11 is 0. The van der Waals surface area contributed by atoms with Gasteiger partial charge in [0.15, 0.2) is 11.6 Å². The van der Waals surface area contributed by atoms with Crippen LogP contribution >= 0.6 is 0 Å². The first-order valence-corrected chi connectivity index (χ1v) is 12.1. The molecule has 0 saturated heterocycles. The van der Waals surface area contributed by atoms with Crippen LogP contribution in [0, 0.1) is 0 Å². The molecule has 37 heavy (non-hydrogen) atoms. The molecular formula is C30H26N4O3. The molecule has 1 N–H and O–H groups in total. The molecule has 0 aliphatic heterocycles. The Labute approximate surface area is 214 Å². The smallest absolute Gasteiger partial charge is 0.343 e. The molecule has 0 atom stereocenters. The van der Waals surface area contributed by atoms with Gasteiger partial charge in [-0.05, 0) is 36.2 Å². The number of hydrogen-bond donors (Lipinski definition) is 1. The zero-order chi connectivity index (χ0) is 25.6. The summed E-state index contributed by atoms with van der Waals surface area (Å²) in [5, 5.41) is 8.29. The lowest BCUT2D eigenvalue weighted by atomic mass is 9.88. The second-order valence-corrected chi connectivity index (χ2v) is 8.53. The molecule has 2 heterocycles. The number of pyridine rings is 1. The summed E-state index contributed by atoms with van der Waals surface area (Å²) in [5.74, 6) is -0.278. The first kappa shape index (κ1) is 23.9. The predicted molar refractivity (Wildman–Crippen MR) is 143 cm³/mol. The van der Waals surface area contributed by atoms with Crippen LogP contribution in [0.5, 0.6) is 0 Å². The van der Waals surface area contributed by atoms with Crippen LogP contribution in [0.3, 0.4) is 0 Å². The van der Waals surface area contributed by atoms with Crippen molar-refractivity contribution >= 4 is 28.6 Å². The van der Waals surface area contributed by atoms with Crippen LogP contribution in [0.1, 0.15) is 40.7 Å². The Balaban J connectivity index is 1.50. The molecule has 0 spiro atoms. The van der Waals surface area contributed by atoms with E-state index >= 15 is 0 Å². The van der Waals surface area contributed by atoms with Gasteiger partial charge in [0.05, 0.1) is 18.3 Å². The van der Waals surface area contributed by atoms with E-state index in [9.17, 15) is 9.59 Å². The van der Waals surface area contributed by atoms with Crippen LogP contribution in [-0.2, 0) is 9.53 Å². The maximum Gasteiger partial charge on any atom is 0.343 e. The third-order valence-corrected chi connectivity index (χ3v) is 6.12. The van der Waals surface area contributed by atoms with Crippen LogP contribution in [0.2, 0.25) is 0 Å². The summed E-state index contributed by atoms with van der Waals surface area (Å²) in [5.41, 5.74) is 3.00. The molecule has 1 amide bonds. The number of hydrogen-bond acceptors (Lipinski definition) is 5. The fourth-order valence-corrected chi connectivity index (χ4v) is 4.34. The minimum absolute atomic E-state index is 0.163. The number of rotatable bonds is 8. The number of nitrogens with one attached hydrogen (secondary N) is 1. The standard InChI is InChI=1S/C30H26N4O3/c1-2-37-30(36)25-20-31-34(27-18-17-23-15-9-10-16-26(23)32-27)29(25)33-28(35)19-24(21-11-5-3-6-12-21)22-13-7-4-8-14-22/h3-18,20,24H,2,19H2,1H3,(H,33,35). The van der Waals surface area contributed by atoms with Crippen molar-refractivity contribution in [2.24, 2.45) is 0 Å². The van der Waals surface area contributed by atoms with Gasteiger partial charge in [-0.3, -0.25) is 4.79 Å². The minimum atomic E-state index is -0.562. The molecule has 7 nitrogen and oxygen atoms in total. The van der Waals surface area contributed by atoms with Gasteiger partial charge in [0.2, 0.25) is 5.91 Å². The molecule has 0 aliphatic rings. The molecule has 0 radical (unpaired) electrons. The monoisotopic (exact) mass is 490 g/mol. The highest BCUT2D eigenvalue weighted by atomic mass is 16.5. The zero-order valence-corrected chi connectivity index (χ0v) is 20.4. The molecule has 0 aliphatic carbocycles. The molecule has 2 aromatic heterocycles. The lowest BCUT2D eigenvalue weighted by molar-refractivity contribution is -0.116. The Kier molecular flexibility index (Phi) is 7.03. The minimum Gasteiger partial charge on any atom is -0.462 e. The number of benzene rings is 3. The van der Waals surface area contributed by atoms with Crippen molar-refractivity contribution in [3.8, 4) is 5.82 Å². The number of para-hydroxylation sites is 1. The predicted octanol–water partition coefficient (Wildman–Crippen LogP) is 5.76. The van der Waals surface area contributed by atoms with E-state index in [1.165, 1.54) is 10.9 Å². The van der Waals surface area contributed by atoms with E-state index in [1.807, 2.05) is 91.0 Å². The molecule has 0 fully saturated rings. The number of esters is 1. The average Bonchev–Trinajstić information content (AvgIpc) is 3.36. The topological polar surface area (TPSA) is 86.1 Å². The lowest BCUT2D eigenvalue weighted by Crippen LogP contribution is -2.20. The first-order valence-electron chi connectivity index (χ1n) is 12.1. The molecule has 5 aromatic rings. The van der Waals surface area contributed by atoms with E-state index in [2.05, 4.69) is 15.4 Å². The molecule has 0 unspecified atom stereocenters. The Morgan fingerprint density at radius 3 is 2.19 bits per heavy atom. The van der Waals surface area contributed by atoms with Crippen molar-refractivity contribution in [3.05, 3.63) is 120 Å². The Morgan fingerprint density at radius 1 is 0.865 bits per heavy atom. The van der Waals surface area contributed by atoms with E-state index < -0.39 is 5.97 Å². The zero-order valence-electron chi connectivity index (χ0n) is 20.4. The highest BCUT2D eigenvalue weighted by Gasteiger charge is 2.24. The van der Waals surface area contributed by atoms with Crippen molar-refractivity contribution in [2.45, 2.75) is 19.3 Å². The van der Waals surface area contributed by atoms with Crippen LogP contribution in [0.15, 0.2) is 103 Å².